The number of amides is 2. The van der Waals surface area contributed by atoms with Gasteiger partial charge in [0.2, 0.25) is 0 Å². The molecular formula is C18H24N6O2. The number of likely N-dealkylation sites (tertiary alicyclic amines) is 1. The van der Waals surface area contributed by atoms with E-state index in [4.69, 9.17) is 5.73 Å². The summed E-state index contributed by atoms with van der Waals surface area (Å²) in [6.45, 7) is 2.22. The number of nitrogens with zero attached hydrogens (tertiary/aromatic N) is 4. The van der Waals surface area contributed by atoms with Crippen molar-refractivity contribution in [2.75, 3.05) is 13.1 Å². The molecule has 8 heteroatoms. The zero-order valence-electron chi connectivity index (χ0n) is 14.9. The van der Waals surface area contributed by atoms with Crippen LogP contribution in [0.3, 0.4) is 0 Å². The molecule has 26 heavy (non-hydrogen) atoms. The fraction of sp³-hybridized carbons (Fsp3) is 0.500. The molecule has 1 aliphatic heterocycles. The molecule has 2 aromatic rings. The number of rotatable bonds is 6. The maximum Gasteiger partial charge on any atom is 0.269 e. The van der Waals surface area contributed by atoms with E-state index in [-0.39, 0.29) is 11.9 Å². The van der Waals surface area contributed by atoms with E-state index >= 15 is 0 Å². The van der Waals surface area contributed by atoms with Gasteiger partial charge in [-0.25, -0.2) is 0 Å². The standard InChI is InChI=1S/C18H24N6O2/c1-22-9-12(16(21-22)17(19)25)10-23-8-6-13(11-23)20-18(26)15-3-2-7-24(15)14-4-5-14/h2-3,7,9,13-14H,4-6,8,10-11H2,1H3,(H2,19,25)(H,20,26). The number of primary amides is 1. The highest BCUT2D eigenvalue weighted by molar-refractivity contribution is 5.93. The third-order valence-electron chi connectivity index (χ3n) is 5.09. The molecule has 2 aliphatic rings. The van der Waals surface area contributed by atoms with Crippen LogP contribution in [-0.2, 0) is 13.6 Å². The molecule has 2 fully saturated rings. The maximum atomic E-state index is 12.6. The summed E-state index contributed by atoms with van der Waals surface area (Å²) in [5, 5.41) is 7.28. The van der Waals surface area contributed by atoms with Crippen molar-refractivity contribution in [1.82, 2.24) is 24.6 Å². The van der Waals surface area contributed by atoms with Crippen molar-refractivity contribution in [1.29, 1.82) is 0 Å². The minimum atomic E-state index is -0.509. The normalized spacial score (nSPS) is 20.4. The molecule has 0 radical (unpaired) electrons. The number of hydrogen-bond acceptors (Lipinski definition) is 4. The van der Waals surface area contributed by atoms with Crippen LogP contribution in [-0.4, -0.2) is 50.2 Å². The summed E-state index contributed by atoms with van der Waals surface area (Å²) in [4.78, 5) is 26.3. The third-order valence-corrected chi connectivity index (χ3v) is 5.09. The van der Waals surface area contributed by atoms with E-state index in [1.54, 1.807) is 11.7 Å². The average Bonchev–Trinajstić information content (AvgIpc) is 3.00. The summed E-state index contributed by atoms with van der Waals surface area (Å²) in [6, 6.07) is 4.42. The second-order valence-electron chi connectivity index (χ2n) is 7.27. The SMILES string of the molecule is Cn1cc(CN2CCC(NC(=O)c3cccn3C3CC3)C2)c(C(N)=O)n1. The van der Waals surface area contributed by atoms with Crippen LogP contribution in [0.15, 0.2) is 24.5 Å². The molecule has 1 unspecified atom stereocenters. The summed E-state index contributed by atoms with van der Waals surface area (Å²) in [5.74, 6) is -0.515. The van der Waals surface area contributed by atoms with Gasteiger partial charge in [-0.05, 0) is 31.4 Å². The Morgan fingerprint density at radius 1 is 1.35 bits per heavy atom. The number of nitrogens with one attached hydrogen (secondary N) is 1. The lowest BCUT2D eigenvalue weighted by molar-refractivity contribution is 0.0927. The van der Waals surface area contributed by atoms with Gasteiger partial charge in [-0.1, -0.05) is 0 Å². The maximum absolute atomic E-state index is 12.6. The lowest BCUT2D eigenvalue weighted by Crippen LogP contribution is -2.37. The van der Waals surface area contributed by atoms with Crippen LogP contribution in [0, 0.1) is 0 Å². The van der Waals surface area contributed by atoms with Gasteiger partial charge in [0.15, 0.2) is 5.69 Å². The smallest absolute Gasteiger partial charge is 0.269 e. The van der Waals surface area contributed by atoms with Gasteiger partial charge in [0.25, 0.3) is 11.8 Å². The molecule has 3 heterocycles. The molecule has 2 amide bonds. The van der Waals surface area contributed by atoms with Crippen LogP contribution in [0.25, 0.3) is 0 Å². The molecule has 138 valence electrons. The number of hydrogen-bond donors (Lipinski definition) is 2. The molecule has 0 aromatic carbocycles. The molecule has 8 nitrogen and oxygen atoms in total. The predicted octanol–water partition coefficient (Wildman–Crippen LogP) is 0.660. The van der Waals surface area contributed by atoms with Crippen LogP contribution in [0.4, 0.5) is 0 Å². The Balaban J connectivity index is 1.36. The minimum Gasteiger partial charge on any atom is -0.364 e. The van der Waals surface area contributed by atoms with Crippen LogP contribution in [0.5, 0.6) is 0 Å². The van der Waals surface area contributed by atoms with Gasteiger partial charge in [-0.15, -0.1) is 0 Å². The lowest BCUT2D eigenvalue weighted by Gasteiger charge is -2.17. The van der Waals surface area contributed by atoms with Gasteiger partial charge in [0.1, 0.15) is 5.69 Å². The molecule has 1 saturated carbocycles. The van der Waals surface area contributed by atoms with E-state index in [9.17, 15) is 9.59 Å². The van der Waals surface area contributed by atoms with Crippen molar-refractivity contribution in [2.45, 2.75) is 37.9 Å². The first-order chi connectivity index (χ1) is 12.5. The van der Waals surface area contributed by atoms with E-state index in [1.807, 2.05) is 24.5 Å². The average molecular weight is 356 g/mol. The number of carbonyl (C=O) groups excluding carboxylic acids is 2. The summed E-state index contributed by atoms with van der Waals surface area (Å²) < 4.78 is 3.69. The first kappa shape index (κ1) is 16.8. The summed E-state index contributed by atoms with van der Waals surface area (Å²) in [7, 11) is 1.78. The van der Waals surface area contributed by atoms with Gasteiger partial charge in [0.05, 0.1) is 0 Å². The van der Waals surface area contributed by atoms with E-state index in [0.717, 1.165) is 43.6 Å². The fourth-order valence-electron chi connectivity index (χ4n) is 3.71. The minimum absolute atomic E-state index is 0.00653. The van der Waals surface area contributed by atoms with E-state index in [2.05, 4.69) is 19.9 Å². The predicted molar refractivity (Wildman–Crippen MR) is 95.6 cm³/mol. The van der Waals surface area contributed by atoms with Gasteiger partial charge in [-0.3, -0.25) is 19.2 Å². The summed E-state index contributed by atoms with van der Waals surface area (Å²) in [6.07, 6.45) is 7.01. The first-order valence-corrected chi connectivity index (χ1v) is 9.03. The van der Waals surface area contributed by atoms with Crippen molar-refractivity contribution in [3.8, 4) is 0 Å². The molecule has 4 rings (SSSR count). The molecular weight excluding hydrogens is 332 g/mol. The van der Waals surface area contributed by atoms with E-state index in [1.165, 1.54) is 0 Å². The summed E-state index contributed by atoms with van der Waals surface area (Å²) >= 11 is 0. The monoisotopic (exact) mass is 356 g/mol. The Kier molecular flexibility index (Phi) is 4.28. The Morgan fingerprint density at radius 3 is 2.88 bits per heavy atom. The van der Waals surface area contributed by atoms with Gasteiger partial charge >= 0.3 is 0 Å². The second-order valence-corrected chi connectivity index (χ2v) is 7.27. The number of aryl methyl sites for hydroxylation is 1. The highest BCUT2D eigenvalue weighted by Gasteiger charge is 2.29. The Hall–Kier alpha value is -2.61. The fourth-order valence-corrected chi connectivity index (χ4v) is 3.71. The topological polar surface area (TPSA) is 98.2 Å². The molecule has 0 bridgehead atoms. The van der Waals surface area contributed by atoms with Crippen molar-refractivity contribution in [3.05, 3.63) is 41.5 Å². The highest BCUT2D eigenvalue weighted by Crippen LogP contribution is 2.36. The molecule has 1 aliphatic carbocycles. The van der Waals surface area contributed by atoms with Crippen molar-refractivity contribution in [3.63, 3.8) is 0 Å². The number of nitrogens with two attached hydrogens (primary N) is 1. The Bertz CT molecular complexity index is 835. The van der Waals surface area contributed by atoms with Crippen LogP contribution < -0.4 is 11.1 Å². The van der Waals surface area contributed by atoms with Gasteiger partial charge < -0.3 is 15.6 Å². The Labute approximate surface area is 151 Å². The number of carbonyl (C=O) groups is 2. The third kappa shape index (κ3) is 3.37. The van der Waals surface area contributed by atoms with Gasteiger partial charge in [0, 0.05) is 56.7 Å². The second kappa shape index (κ2) is 6.60. The van der Waals surface area contributed by atoms with E-state index in [0.29, 0.717) is 18.3 Å². The van der Waals surface area contributed by atoms with Gasteiger partial charge in [-0.2, -0.15) is 5.10 Å². The quantitative estimate of drug-likeness (QED) is 0.794. The molecule has 2 aromatic heterocycles. The molecule has 1 saturated heterocycles. The lowest BCUT2D eigenvalue weighted by atomic mass is 10.2. The summed E-state index contributed by atoms with van der Waals surface area (Å²) in [5.41, 5.74) is 7.30. The van der Waals surface area contributed by atoms with Crippen molar-refractivity contribution < 1.29 is 9.59 Å². The molecule has 3 N–H and O–H groups in total. The van der Waals surface area contributed by atoms with Crippen molar-refractivity contribution in [2.24, 2.45) is 12.8 Å². The van der Waals surface area contributed by atoms with Crippen molar-refractivity contribution >= 4 is 11.8 Å². The highest BCUT2D eigenvalue weighted by atomic mass is 16.2. The Morgan fingerprint density at radius 2 is 2.15 bits per heavy atom. The number of aromatic nitrogens is 3. The molecule has 1 atom stereocenters. The van der Waals surface area contributed by atoms with Crippen LogP contribution in [0.1, 0.15) is 51.8 Å². The first-order valence-electron chi connectivity index (χ1n) is 9.03. The zero-order valence-corrected chi connectivity index (χ0v) is 14.9. The molecule has 0 spiro atoms. The van der Waals surface area contributed by atoms with Crippen LogP contribution in [0.2, 0.25) is 0 Å². The largest absolute Gasteiger partial charge is 0.364 e. The van der Waals surface area contributed by atoms with Crippen LogP contribution >= 0.6 is 0 Å². The zero-order chi connectivity index (χ0) is 18.3. The van der Waals surface area contributed by atoms with E-state index < -0.39 is 5.91 Å².